The molecule has 26 heavy (non-hydrogen) atoms. The van der Waals surface area contributed by atoms with Crippen LogP contribution in [-0.2, 0) is 0 Å². The van der Waals surface area contributed by atoms with Crippen LogP contribution in [0.4, 0.5) is 5.82 Å². The van der Waals surface area contributed by atoms with Gasteiger partial charge in [0.25, 0.3) is 0 Å². The van der Waals surface area contributed by atoms with Crippen molar-refractivity contribution in [2.45, 2.75) is 12.8 Å². The van der Waals surface area contributed by atoms with E-state index in [4.69, 9.17) is 11.9 Å². The number of benzene rings is 1. The molecule has 0 saturated carbocycles. The largest absolute Gasteiger partial charge is 0.368 e. The molecule has 0 bridgehead atoms. The second kappa shape index (κ2) is 7.38. The van der Waals surface area contributed by atoms with Crippen molar-refractivity contribution in [1.29, 1.82) is 0 Å². The standard InChI is InChI=1S/C21H23N5/c1-15-4-3-5-17(12-15)18-6-7-19-20(25-18)21(24-14-23-19)22-13-16-8-10-26(2)11-9-16/h1,3-7,12,14,16H,8-11,13H2,2H3,(H,22,23,24). The lowest BCUT2D eigenvalue weighted by molar-refractivity contribution is 0.226. The van der Waals surface area contributed by atoms with Crippen molar-refractivity contribution >= 4 is 16.9 Å². The molecule has 1 fully saturated rings. The van der Waals surface area contributed by atoms with E-state index in [1.54, 1.807) is 6.33 Å². The van der Waals surface area contributed by atoms with Gasteiger partial charge in [0.15, 0.2) is 5.82 Å². The lowest BCUT2D eigenvalue weighted by atomic mass is 9.97. The minimum atomic E-state index is 0.674. The number of hydrogen-bond donors (Lipinski definition) is 1. The molecule has 4 rings (SSSR count). The van der Waals surface area contributed by atoms with Gasteiger partial charge in [-0.05, 0) is 69.6 Å². The van der Waals surface area contributed by atoms with E-state index in [0.29, 0.717) is 5.92 Å². The molecule has 132 valence electrons. The number of aromatic nitrogens is 3. The van der Waals surface area contributed by atoms with E-state index in [1.807, 2.05) is 36.4 Å². The summed E-state index contributed by atoms with van der Waals surface area (Å²) in [6.45, 7) is 9.15. The Morgan fingerprint density at radius 2 is 2.00 bits per heavy atom. The number of anilines is 1. The monoisotopic (exact) mass is 345 g/mol. The zero-order chi connectivity index (χ0) is 17.9. The molecule has 5 nitrogen and oxygen atoms in total. The minimum absolute atomic E-state index is 0.674. The molecule has 1 aliphatic rings. The third kappa shape index (κ3) is 3.68. The zero-order valence-electron chi connectivity index (χ0n) is 15.0. The minimum Gasteiger partial charge on any atom is -0.368 e. The van der Waals surface area contributed by atoms with Gasteiger partial charge in [-0.25, -0.2) is 15.0 Å². The molecule has 2 radical (unpaired) electrons. The Morgan fingerprint density at radius 1 is 1.15 bits per heavy atom. The van der Waals surface area contributed by atoms with Crippen LogP contribution in [0.1, 0.15) is 18.4 Å². The lowest BCUT2D eigenvalue weighted by Crippen LogP contribution is -2.33. The maximum Gasteiger partial charge on any atom is 0.156 e. The van der Waals surface area contributed by atoms with E-state index in [9.17, 15) is 0 Å². The van der Waals surface area contributed by atoms with Crippen LogP contribution < -0.4 is 5.32 Å². The van der Waals surface area contributed by atoms with Gasteiger partial charge in [0.1, 0.15) is 11.8 Å². The Bertz CT molecular complexity index is 900. The van der Waals surface area contributed by atoms with Crippen LogP contribution in [0, 0.1) is 12.8 Å². The summed E-state index contributed by atoms with van der Waals surface area (Å²) in [6.07, 6.45) is 4.03. The normalized spacial score (nSPS) is 16.1. The maximum absolute atomic E-state index is 5.91. The van der Waals surface area contributed by atoms with Gasteiger partial charge in [-0.15, -0.1) is 0 Å². The second-order valence-electron chi connectivity index (χ2n) is 7.04. The Labute approximate surface area is 154 Å². The smallest absolute Gasteiger partial charge is 0.156 e. The van der Waals surface area contributed by atoms with Crippen LogP contribution in [0.15, 0.2) is 42.7 Å². The first-order valence-electron chi connectivity index (χ1n) is 9.09. The Kier molecular flexibility index (Phi) is 4.80. The van der Waals surface area contributed by atoms with Crippen LogP contribution in [0.2, 0.25) is 0 Å². The van der Waals surface area contributed by atoms with E-state index in [-0.39, 0.29) is 0 Å². The second-order valence-corrected chi connectivity index (χ2v) is 7.04. The van der Waals surface area contributed by atoms with Crippen molar-refractivity contribution in [3.8, 4) is 11.3 Å². The number of nitrogens with one attached hydrogen (secondary N) is 1. The molecule has 0 spiro atoms. The number of rotatable bonds is 4. The molecule has 1 aliphatic heterocycles. The first kappa shape index (κ1) is 16.9. The highest BCUT2D eigenvalue weighted by Crippen LogP contribution is 2.24. The van der Waals surface area contributed by atoms with Gasteiger partial charge < -0.3 is 10.2 Å². The van der Waals surface area contributed by atoms with Gasteiger partial charge in [0.05, 0.1) is 11.2 Å². The summed E-state index contributed by atoms with van der Waals surface area (Å²) in [7, 11) is 2.18. The summed E-state index contributed by atoms with van der Waals surface area (Å²) in [5.41, 5.74) is 4.26. The predicted molar refractivity (Wildman–Crippen MR) is 105 cm³/mol. The van der Waals surface area contributed by atoms with Crippen molar-refractivity contribution in [1.82, 2.24) is 19.9 Å². The number of piperidine rings is 1. The SMILES string of the molecule is [CH]c1cccc(-c2ccc3ncnc(NCC4CCN(C)CC4)c3n2)c1. The maximum atomic E-state index is 5.91. The highest BCUT2D eigenvalue weighted by atomic mass is 15.1. The Balaban J connectivity index is 1.59. The van der Waals surface area contributed by atoms with Crippen LogP contribution >= 0.6 is 0 Å². The molecule has 1 saturated heterocycles. The Morgan fingerprint density at radius 3 is 2.81 bits per heavy atom. The molecule has 5 heteroatoms. The molecule has 2 aromatic heterocycles. The van der Waals surface area contributed by atoms with Crippen molar-refractivity contribution in [2.75, 3.05) is 32.0 Å². The molecule has 0 unspecified atom stereocenters. The van der Waals surface area contributed by atoms with Gasteiger partial charge in [-0.1, -0.05) is 18.2 Å². The van der Waals surface area contributed by atoms with Crippen LogP contribution in [0.5, 0.6) is 0 Å². The van der Waals surface area contributed by atoms with E-state index in [2.05, 4.69) is 27.2 Å². The molecular formula is C21H23N5. The molecule has 1 aromatic carbocycles. The molecule has 0 atom stereocenters. The first-order chi connectivity index (χ1) is 12.7. The van der Waals surface area contributed by atoms with Crippen molar-refractivity contribution in [3.05, 3.63) is 55.2 Å². The van der Waals surface area contributed by atoms with Gasteiger partial charge in [-0.3, -0.25) is 0 Å². The van der Waals surface area contributed by atoms with Crippen molar-refractivity contribution < 1.29 is 0 Å². The molecule has 0 amide bonds. The third-order valence-corrected chi connectivity index (χ3v) is 5.06. The lowest BCUT2D eigenvalue weighted by Gasteiger charge is -2.29. The summed E-state index contributed by atoms with van der Waals surface area (Å²) >= 11 is 0. The average Bonchev–Trinajstić information content (AvgIpc) is 2.67. The Hall–Kier alpha value is -2.53. The summed E-state index contributed by atoms with van der Waals surface area (Å²) in [5, 5.41) is 3.51. The molecule has 3 aromatic rings. The van der Waals surface area contributed by atoms with Crippen LogP contribution in [0.3, 0.4) is 0 Å². The average molecular weight is 345 g/mol. The zero-order valence-corrected chi connectivity index (χ0v) is 15.0. The fourth-order valence-corrected chi connectivity index (χ4v) is 3.44. The molecular weight excluding hydrogens is 322 g/mol. The summed E-state index contributed by atoms with van der Waals surface area (Å²) < 4.78 is 0. The van der Waals surface area contributed by atoms with Crippen molar-refractivity contribution in [3.63, 3.8) is 0 Å². The third-order valence-electron chi connectivity index (χ3n) is 5.06. The molecule has 0 aliphatic carbocycles. The van der Waals surface area contributed by atoms with E-state index in [0.717, 1.165) is 53.3 Å². The number of likely N-dealkylation sites (tertiary alicyclic amines) is 1. The van der Waals surface area contributed by atoms with Gasteiger partial charge in [0, 0.05) is 12.1 Å². The fraction of sp³-hybridized carbons (Fsp3) is 0.333. The number of fused-ring (bicyclic) bond motifs is 1. The highest BCUT2D eigenvalue weighted by Gasteiger charge is 2.17. The fourth-order valence-electron chi connectivity index (χ4n) is 3.44. The summed E-state index contributed by atoms with van der Waals surface area (Å²) in [4.78, 5) is 16.0. The van der Waals surface area contributed by atoms with Crippen LogP contribution in [-0.4, -0.2) is 46.5 Å². The molecule has 1 N–H and O–H groups in total. The first-order valence-corrected chi connectivity index (χ1v) is 9.09. The van der Waals surface area contributed by atoms with Crippen molar-refractivity contribution in [2.24, 2.45) is 5.92 Å². The highest BCUT2D eigenvalue weighted by molar-refractivity contribution is 5.86. The predicted octanol–water partition coefficient (Wildman–Crippen LogP) is 3.50. The van der Waals surface area contributed by atoms with Crippen LogP contribution in [0.25, 0.3) is 22.3 Å². The van der Waals surface area contributed by atoms with E-state index < -0.39 is 0 Å². The summed E-state index contributed by atoms with van der Waals surface area (Å²) in [6, 6.07) is 11.7. The number of hydrogen-bond acceptors (Lipinski definition) is 5. The molecule has 3 heterocycles. The number of pyridine rings is 1. The van der Waals surface area contributed by atoms with Gasteiger partial charge in [0.2, 0.25) is 0 Å². The van der Waals surface area contributed by atoms with Gasteiger partial charge >= 0.3 is 0 Å². The number of nitrogens with zero attached hydrogens (tertiary/aromatic N) is 4. The van der Waals surface area contributed by atoms with E-state index in [1.165, 1.54) is 12.8 Å². The topological polar surface area (TPSA) is 53.9 Å². The van der Waals surface area contributed by atoms with E-state index >= 15 is 0 Å². The summed E-state index contributed by atoms with van der Waals surface area (Å²) in [5.74, 6) is 1.48. The van der Waals surface area contributed by atoms with Gasteiger partial charge in [-0.2, -0.15) is 0 Å². The quantitative estimate of drug-likeness (QED) is 0.784.